The Hall–Kier alpha value is -4.48. The van der Waals surface area contributed by atoms with Gasteiger partial charge in [0.1, 0.15) is 23.3 Å². The highest BCUT2D eigenvalue weighted by molar-refractivity contribution is 7.07. The number of fused-ring (bicyclic) bond motifs is 1. The van der Waals surface area contributed by atoms with Crippen molar-refractivity contribution in [3.63, 3.8) is 0 Å². The molecule has 0 bridgehead atoms. The average Bonchev–Trinajstić information content (AvgIpc) is 3.56. The number of ether oxygens (including phenoxy) is 2. The zero-order chi connectivity index (χ0) is 30.0. The van der Waals surface area contributed by atoms with E-state index in [4.69, 9.17) is 30.5 Å². The van der Waals surface area contributed by atoms with E-state index in [0.29, 0.717) is 55.5 Å². The van der Waals surface area contributed by atoms with Gasteiger partial charge in [-0.2, -0.15) is 0 Å². The number of rotatable bonds is 9. The van der Waals surface area contributed by atoms with E-state index in [1.54, 1.807) is 61.5 Å². The minimum atomic E-state index is -0.906. The Morgan fingerprint density at radius 2 is 2.00 bits per heavy atom. The normalized spacial score (nSPS) is 14.9. The van der Waals surface area contributed by atoms with Crippen LogP contribution < -0.4 is 19.6 Å². The van der Waals surface area contributed by atoms with Gasteiger partial charge in [-0.15, -0.1) is 0 Å². The molecule has 0 fully saturated rings. The van der Waals surface area contributed by atoms with Crippen LogP contribution in [0.5, 0.6) is 5.75 Å². The number of furan rings is 1. The molecule has 0 N–H and O–H groups in total. The number of carbonyl (C=O) groups is 1. The number of thiazole rings is 1. The summed E-state index contributed by atoms with van der Waals surface area (Å²) in [5, 5.41) is 11.9. The number of allylic oxidation sites excluding steroid dienone is 1. The molecule has 0 unspecified atom stereocenters. The summed E-state index contributed by atoms with van der Waals surface area (Å²) in [4.78, 5) is 43.5. The summed E-state index contributed by atoms with van der Waals surface area (Å²) in [7, 11) is 1.50. The van der Waals surface area contributed by atoms with E-state index in [-0.39, 0.29) is 23.6 Å². The second-order valence-electron chi connectivity index (χ2n) is 9.28. The lowest BCUT2D eigenvalue weighted by Gasteiger charge is -2.27. The molecule has 0 saturated carbocycles. The van der Waals surface area contributed by atoms with Crippen molar-refractivity contribution in [2.45, 2.75) is 32.7 Å². The average molecular weight is 608 g/mol. The Bertz CT molecular complexity index is 1900. The van der Waals surface area contributed by atoms with Crippen molar-refractivity contribution in [3.05, 3.63) is 112 Å². The van der Waals surface area contributed by atoms with Gasteiger partial charge in [-0.05, 0) is 49.7 Å². The fourth-order valence-electron chi connectivity index (χ4n) is 4.88. The second kappa shape index (κ2) is 12.2. The van der Waals surface area contributed by atoms with Crippen LogP contribution >= 0.6 is 22.9 Å². The van der Waals surface area contributed by atoms with Gasteiger partial charge in [0.25, 0.3) is 11.2 Å². The summed E-state index contributed by atoms with van der Waals surface area (Å²) in [6, 6.07) is 13.6. The first kappa shape index (κ1) is 29.0. The zero-order valence-corrected chi connectivity index (χ0v) is 24.5. The van der Waals surface area contributed by atoms with Crippen molar-refractivity contribution in [2.24, 2.45) is 4.99 Å². The standard InChI is InChI=1S/C30H26ClN3O7S/c1-4-8-21-26(29(36)40-5-2)27(20-15-17(31)11-13-23(20)39-3)33-28(35)25(42-30(33)32-21)16-18-12-14-24(41-18)19-9-6-7-10-22(19)34(37)38/h6-7,9-16,27H,4-5,8H2,1-3H3/b25-16+/t27-/m0/s1. The van der Waals surface area contributed by atoms with Crippen molar-refractivity contribution in [1.29, 1.82) is 0 Å². The first-order chi connectivity index (χ1) is 20.3. The summed E-state index contributed by atoms with van der Waals surface area (Å²) in [6.07, 6.45) is 2.74. The number of hydrogen-bond acceptors (Lipinski definition) is 9. The second-order valence-corrected chi connectivity index (χ2v) is 10.7. The van der Waals surface area contributed by atoms with Crippen molar-refractivity contribution >= 4 is 40.7 Å². The molecule has 1 aliphatic rings. The van der Waals surface area contributed by atoms with Gasteiger partial charge < -0.3 is 13.9 Å². The maximum Gasteiger partial charge on any atom is 0.338 e. The topological polar surface area (TPSA) is 126 Å². The fraction of sp³-hybridized carbons (Fsp3) is 0.233. The Kier molecular flexibility index (Phi) is 8.41. The molecule has 5 rings (SSSR count). The van der Waals surface area contributed by atoms with Crippen molar-refractivity contribution in [1.82, 2.24) is 4.57 Å². The van der Waals surface area contributed by atoms with Crippen LogP contribution in [-0.4, -0.2) is 29.2 Å². The number of carbonyl (C=O) groups excluding carboxylic acids is 1. The van der Waals surface area contributed by atoms with Gasteiger partial charge in [-0.3, -0.25) is 19.5 Å². The van der Waals surface area contributed by atoms with Crippen LogP contribution in [0.4, 0.5) is 5.69 Å². The van der Waals surface area contributed by atoms with Crippen molar-refractivity contribution in [2.75, 3.05) is 13.7 Å². The van der Waals surface area contributed by atoms with Crippen LogP contribution in [0.3, 0.4) is 0 Å². The van der Waals surface area contributed by atoms with Crippen LogP contribution in [-0.2, 0) is 9.53 Å². The van der Waals surface area contributed by atoms with Gasteiger partial charge in [-0.1, -0.05) is 48.4 Å². The Balaban J connectivity index is 1.71. The van der Waals surface area contributed by atoms with Crippen LogP contribution in [0.1, 0.15) is 44.1 Å². The predicted octanol–water partition coefficient (Wildman–Crippen LogP) is 5.41. The van der Waals surface area contributed by atoms with E-state index in [1.165, 1.54) is 17.7 Å². The SMILES string of the molecule is CCCC1=C(C(=O)OCC)[C@H](c2cc(Cl)ccc2OC)n2c(s/c(=C/c3ccc(-c4ccccc4[N+](=O)[O-])o3)c2=O)=N1. The molecule has 0 aliphatic carbocycles. The molecule has 0 spiro atoms. The highest BCUT2D eigenvalue weighted by atomic mass is 35.5. The van der Waals surface area contributed by atoms with Gasteiger partial charge in [-0.25, -0.2) is 9.79 Å². The number of nitrogens with zero attached hydrogens (tertiary/aromatic N) is 3. The van der Waals surface area contributed by atoms with Crippen molar-refractivity contribution < 1.29 is 23.6 Å². The molecule has 1 atom stereocenters. The zero-order valence-electron chi connectivity index (χ0n) is 23.0. The first-order valence-electron chi connectivity index (χ1n) is 13.2. The van der Waals surface area contributed by atoms with E-state index in [0.717, 1.165) is 11.3 Å². The molecule has 3 heterocycles. The van der Waals surface area contributed by atoms with E-state index < -0.39 is 22.5 Å². The Morgan fingerprint density at radius 3 is 2.71 bits per heavy atom. The maximum absolute atomic E-state index is 14.0. The van der Waals surface area contributed by atoms with E-state index in [2.05, 4.69) is 0 Å². The number of para-hydroxylation sites is 1. The number of aromatic nitrogens is 1. The summed E-state index contributed by atoms with van der Waals surface area (Å²) < 4.78 is 18.7. The molecule has 42 heavy (non-hydrogen) atoms. The third-order valence-corrected chi connectivity index (χ3v) is 7.86. The number of esters is 1. The molecular weight excluding hydrogens is 582 g/mol. The number of benzene rings is 2. The minimum absolute atomic E-state index is 0.0943. The van der Waals surface area contributed by atoms with E-state index >= 15 is 0 Å². The maximum atomic E-state index is 14.0. The fourth-order valence-corrected chi connectivity index (χ4v) is 6.06. The van der Waals surface area contributed by atoms with E-state index in [1.807, 2.05) is 6.92 Å². The number of nitro groups is 1. The number of methoxy groups -OCH3 is 1. The minimum Gasteiger partial charge on any atom is -0.496 e. The van der Waals surface area contributed by atoms with Gasteiger partial charge in [0, 0.05) is 22.7 Å². The number of nitro benzene ring substituents is 1. The van der Waals surface area contributed by atoms with Crippen LogP contribution in [0, 0.1) is 10.1 Å². The van der Waals surface area contributed by atoms with Crippen LogP contribution in [0.2, 0.25) is 5.02 Å². The molecule has 216 valence electrons. The Morgan fingerprint density at radius 1 is 1.21 bits per heavy atom. The molecule has 4 aromatic rings. The van der Waals surface area contributed by atoms with Crippen LogP contribution in [0.25, 0.3) is 17.4 Å². The van der Waals surface area contributed by atoms with Gasteiger partial charge in [0.15, 0.2) is 4.80 Å². The molecule has 0 amide bonds. The molecule has 1 aliphatic heterocycles. The largest absolute Gasteiger partial charge is 0.496 e. The van der Waals surface area contributed by atoms with Gasteiger partial charge in [0.05, 0.1) is 40.0 Å². The lowest BCUT2D eigenvalue weighted by atomic mass is 9.93. The smallest absolute Gasteiger partial charge is 0.338 e. The lowest BCUT2D eigenvalue weighted by Crippen LogP contribution is -2.40. The highest BCUT2D eigenvalue weighted by Gasteiger charge is 2.36. The summed E-state index contributed by atoms with van der Waals surface area (Å²) >= 11 is 7.53. The number of hydrogen-bond donors (Lipinski definition) is 0. The highest BCUT2D eigenvalue weighted by Crippen LogP contribution is 2.38. The van der Waals surface area contributed by atoms with Crippen LogP contribution in [0.15, 0.2) is 80.1 Å². The summed E-state index contributed by atoms with van der Waals surface area (Å²) in [5.74, 6) is 0.478. The lowest BCUT2D eigenvalue weighted by molar-refractivity contribution is -0.384. The van der Waals surface area contributed by atoms with Crippen molar-refractivity contribution in [3.8, 4) is 17.1 Å². The van der Waals surface area contributed by atoms with Gasteiger partial charge >= 0.3 is 5.97 Å². The third kappa shape index (κ3) is 5.40. The molecule has 2 aromatic carbocycles. The summed E-state index contributed by atoms with van der Waals surface area (Å²) in [6.45, 7) is 3.83. The predicted molar refractivity (Wildman–Crippen MR) is 158 cm³/mol. The molecule has 0 radical (unpaired) electrons. The monoisotopic (exact) mass is 607 g/mol. The number of halogens is 1. The first-order valence-corrected chi connectivity index (χ1v) is 14.4. The quantitative estimate of drug-likeness (QED) is 0.141. The molecular formula is C30H26ClN3O7S. The molecule has 10 nitrogen and oxygen atoms in total. The Labute approximate surface area is 248 Å². The molecule has 2 aromatic heterocycles. The molecule has 12 heteroatoms. The summed E-state index contributed by atoms with van der Waals surface area (Å²) in [5.41, 5.74) is 1.10. The molecule has 0 saturated heterocycles. The third-order valence-electron chi connectivity index (χ3n) is 6.64. The van der Waals surface area contributed by atoms with Gasteiger partial charge in [0.2, 0.25) is 0 Å². The van der Waals surface area contributed by atoms with E-state index in [9.17, 15) is 19.7 Å².